The van der Waals surface area contributed by atoms with E-state index < -0.39 is 0 Å². The van der Waals surface area contributed by atoms with Crippen LogP contribution in [0.4, 0.5) is 0 Å². The normalized spacial score (nSPS) is 11.4. The van der Waals surface area contributed by atoms with E-state index in [1.807, 2.05) is 14.0 Å². The van der Waals surface area contributed by atoms with Gasteiger partial charge in [0.25, 0.3) is 0 Å². The predicted molar refractivity (Wildman–Crippen MR) is 86.8 cm³/mol. The molecule has 0 saturated carbocycles. The molecule has 0 unspecified atom stereocenters. The predicted octanol–water partition coefficient (Wildman–Crippen LogP) is 2.89. The Balaban J connectivity index is 2.08. The van der Waals surface area contributed by atoms with E-state index in [0.717, 1.165) is 24.2 Å². The second-order valence-corrected chi connectivity index (χ2v) is 5.67. The molecule has 21 heavy (non-hydrogen) atoms. The minimum absolute atomic E-state index is 0.653. The van der Waals surface area contributed by atoms with Gasteiger partial charge in [-0.3, -0.25) is 4.68 Å². The van der Waals surface area contributed by atoms with Crippen LogP contribution in [0.25, 0.3) is 10.9 Å². The Morgan fingerprint density at radius 2 is 2.05 bits per heavy atom. The van der Waals surface area contributed by atoms with Crippen molar-refractivity contribution in [1.82, 2.24) is 14.3 Å². The Labute approximate surface area is 129 Å². The van der Waals surface area contributed by atoms with E-state index in [-0.39, 0.29) is 0 Å². The van der Waals surface area contributed by atoms with E-state index >= 15 is 0 Å². The first-order chi connectivity index (χ1) is 10.1. The van der Waals surface area contributed by atoms with Crippen molar-refractivity contribution in [3.63, 3.8) is 0 Å². The van der Waals surface area contributed by atoms with Crippen LogP contribution < -0.4 is 5.73 Å². The highest BCUT2D eigenvalue weighted by Gasteiger charge is 2.14. The minimum Gasteiger partial charge on any atom is -0.343 e. The van der Waals surface area contributed by atoms with Crippen LogP contribution in [0.3, 0.4) is 0 Å². The van der Waals surface area contributed by atoms with E-state index in [1.165, 1.54) is 16.5 Å². The van der Waals surface area contributed by atoms with Crippen LogP contribution >= 0.6 is 11.6 Å². The highest BCUT2D eigenvalue weighted by molar-refractivity contribution is 6.30. The molecule has 110 valence electrons. The maximum atomic E-state index is 6.35. The molecule has 0 aliphatic rings. The van der Waals surface area contributed by atoms with Crippen LogP contribution in [0.15, 0.2) is 30.5 Å². The molecule has 0 amide bonds. The summed E-state index contributed by atoms with van der Waals surface area (Å²) in [5.41, 5.74) is 10.3. The summed E-state index contributed by atoms with van der Waals surface area (Å²) >= 11 is 6.35. The number of hydrogen-bond acceptors (Lipinski definition) is 2. The summed E-state index contributed by atoms with van der Waals surface area (Å²) in [6.45, 7) is 3.37. The van der Waals surface area contributed by atoms with Crippen molar-refractivity contribution >= 4 is 22.5 Å². The molecular weight excluding hydrogens is 284 g/mol. The van der Waals surface area contributed by atoms with Gasteiger partial charge in [-0.2, -0.15) is 5.10 Å². The molecule has 3 aromatic rings. The van der Waals surface area contributed by atoms with Gasteiger partial charge in [0.05, 0.1) is 12.2 Å². The summed E-state index contributed by atoms with van der Waals surface area (Å²) in [5, 5.41) is 6.35. The van der Waals surface area contributed by atoms with Crippen LogP contribution in [-0.2, 0) is 20.0 Å². The molecule has 3 rings (SSSR count). The smallest absolute Gasteiger partial charge is 0.131 e. The molecular formula is C16H19ClN4. The van der Waals surface area contributed by atoms with Crippen molar-refractivity contribution in [2.24, 2.45) is 12.8 Å². The number of nitrogens with zero attached hydrogens (tertiary/aromatic N) is 3. The number of benzene rings is 1. The van der Waals surface area contributed by atoms with Gasteiger partial charge in [-0.25, -0.2) is 0 Å². The quantitative estimate of drug-likeness (QED) is 0.805. The largest absolute Gasteiger partial charge is 0.343 e. The summed E-state index contributed by atoms with van der Waals surface area (Å²) in [6.07, 6.45) is 3.06. The highest BCUT2D eigenvalue weighted by Crippen LogP contribution is 2.25. The average Bonchev–Trinajstić information content (AvgIpc) is 2.93. The van der Waals surface area contributed by atoms with E-state index in [1.54, 1.807) is 4.68 Å². The summed E-state index contributed by atoms with van der Waals surface area (Å²) in [6, 6.07) is 8.40. The number of fused-ring (bicyclic) bond motifs is 1. The Hall–Kier alpha value is -1.78. The maximum absolute atomic E-state index is 6.35. The number of halogens is 1. The summed E-state index contributed by atoms with van der Waals surface area (Å²) in [7, 11) is 1.87. The number of hydrogen-bond donors (Lipinski definition) is 1. The van der Waals surface area contributed by atoms with Gasteiger partial charge in [0.1, 0.15) is 5.15 Å². The first-order valence-electron chi connectivity index (χ1n) is 7.06. The lowest BCUT2D eigenvalue weighted by molar-refractivity contribution is 0.757. The van der Waals surface area contributed by atoms with Crippen molar-refractivity contribution in [3.05, 3.63) is 52.4 Å². The van der Waals surface area contributed by atoms with Crippen molar-refractivity contribution in [1.29, 1.82) is 0 Å². The Morgan fingerprint density at radius 3 is 2.71 bits per heavy atom. The fraction of sp³-hybridized carbons (Fsp3) is 0.312. The van der Waals surface area contributed by atoms with Gasteiger partial charge in [0, 0.05) is 29.7 Å². The number of rotatable bonds is 4. The standard InChI is InChI=1S/C16H19ClN4/c1-11-14(16(17)20(2)19-11)10-21-9-12(7-8-18)13-5-3-4-6-15(13)21/h3-6,9H,7-8,10,18H2,1-2H3. The Bertz CT molecular complexity index is 785. The van der Waals surface area contributed by atoms with Crippen molar-refractivity contribution < 1.29 is 0 Å². The molecule has 0 atom stereocenters. The number of nitrogens with two attached hydrogens (primary N) is 1. The molecule has 0 bridgehead atoms. The van der Waals surface area contributed by atoms with Gasteiger partial charge in [-0.15, -0.1) is 0 Å². The third kappa shape index (κ3) is 2.45. The lowest BCUT2D eigenvalue weighted by Gasteiger charge is -2.05. The highest BCUT2D eigenvalue weighted by atomic mass is 35.5. The van der Waals surface area contributed by atoms with E-state index in [2.05, 4.69) is 40.1 Å². The van der Waals surface area contributed by atoms with Gasteiger partial charge >= 0.3 is 0 Å². The molecule has 0 spiro atoms. The third-order valence-electron chi connectivity index (χ3n) is 3.88. The molecule has 0 saturated heterocycles. The average molecular weight is 303 g/mol. The summed E-state index contributed by atoms with van der Waals surface area (Å²) in [5.74, 6) is 0. The number of para-hydroxylation sites is 1. The molecule has 2 heterocycles. The Kier molecular flexibility index (Phi) is 3.74. The molecule has 1 aromatic carbocycles. The van der Waals surface area contributed by atoms with Crippen LogP contribution in [0.1, 0.15) is 16.8 Å². The van der Waals surface area contributed by atoms with Gasteiger partial charge in [-0.05, 0) is 31.5 Å². The van der Waals surface area contributed by atoms with Gasteiger partial charge in [0.2, 0.25) is 0 Å². The van der Waals surface area contributed by atoms with Gasteiger partial charge < -0.3 is 10.3 Å². The molecule has 2 aromatic heterocycles. The van der Waals surface area contributed by atoms with Gasteiger partial charge in [0.15, 0.2) is 0 Å². The molecule has 0 radical (unpaired) electrons. The first kappa shape index (κ1) is 14.2. The SMILES string of the molecule is Cc1nn(C)c(Cl)c1Cn1cc(CCN)c2ccccc21. The molecule has 0 fully saturated rings. The monoisotopic (exact) mass is 302 g/mol. The third-order valence-corrected chi connectivity index (χ3v) is 4.36. The zero-order valence-electron chi connectivity index (χ0n) is 12.3. The zero-order chi connectivity index (χ0) is 15.0. The molecule has 5 heteroatoms. The lowest BCUT2D eigenvalue weighted by atomic mass is 10.1. The van der Waals surface area contributed by atoms with E-state index in [4.69, 9.17) is 17.3 Å². The fourth-order valence-electron chi connectivity index (χ4n) is 2.83. The molecule has 2 N–H and O–H groups in total. The van der Waals surface area contributed by atoms with Crippen LogP contribution in [0.5, 0.6) is 0 Å². The fourth-order valence-corrected chi connectivity index (χ4v) is 3.07. The topological polar surface area (TPSA) is 48.8 Å². The maximum Gasteiger partial charge on any atom is 0.131 e. The number of aryl methyl sites for hydroxylation is 2. The second kappa shape index (κ2) is 5.54. The molecule has 4 nitrogen and oxygen atoms in total. The van der Waals surface area contributed by atoms with E-state index in [0.29, 0.717) is 11.7 Å². The van der Waals surface area contributed by atoms with Gasteiger partial charge in [-0.1, -0.05) is 29.8 Å². The molecule has 0 aliphatic heterocycles. The Morgan fingerprint density at radius 1 is 1.29 bits per heavy atom. The first-order valence-corrected chi connectivity index (χ1v) is 7.44. The van der Waals surface area contributed by atoms with Crippen LogP contribution in [0.2, 0.25) is 5.15 Å². The summed E-state index contributed by atoms with van der Waals surface area (Å²) < 4.78 is 3.95. The van der Waals surface area contributed by atoms with Crippen molar-refractivity contribution in [3.8, 4) is 0 Å². The van der Waals surface area contributed by atoms with Crippen LogP contribution in [0, 0.1) is 6.92 Å². The van der Waals surface area contributed by atoms with E-state index in [9.17, 15) is 0 Å². The minimum atomic E-state index is 0.653. The van der Waals surface area contributed by atoms with Crippen molar-refractivity contribution in [2.75, 3.05) is 6.54 Å². The lowest BCUT2D eigenvalue weighted by Crippen LogP contribution is -2.02. The van der Waals surface area contributed by atoms with Crippen LogP contribution in [-0.4, -0.2) is 20.9 Å². The summed E-state index contributed by atoms with van der Waals surface area (Å²) in [4.78, 5) is 0. The second-order valence-electron chi connectivity index (χ2n) is 5.32. The van der Waals surface area contributed by atoms with Crippen molar-refractivity contribution in [2.45, 2.75) is 19.9 Å². The molecule has 0 aliphatic carbocycles. The number of aromatic nitrogens is 3. The zero-order valence-corrected chi connectivity index (χ0v) is 13.1.